The van der Waals surface area contributed by atoms with Gasteiger partial charge in [-0.3, -0.25) is 0 Å². The summed E-state index contributed by atoms with van der Waals surface area (Å²) < 4.78 is 13.5. The standard InChI is InChI=1S/C17H20FN/c1-3-14-8-10-15(11-9-14)13(2)19-12-16-6-4-5-7-17(16)18/h4-11,13,19H,3,12H2,1-2H3. The van der Waals surface area contributed by atoms with Crippen molar-refractivity contribution in [3.63, 3.8) is 0 Å². The Morgan fingerprint density at radius 1 is 1.05 bits per heavy atom. The fourth-order valence-electron chi connectivity index (χ4n) is 2.06. The molecule has 1 unspecified atom stereocenters. The average molecular weight is 257 g/mol. The topological polar surface area (TPSA) is 12.0 Å². The molecule has 1 N–H and O–H groups in total. The molecule has 100 valence electrons. The molecular weight excluding hydrogens is 237 g/mol. The van der Waals surface area contributed by atoms with Crippen LogP contribution in [0.5, 0.6) is 0 Å². The van der Waals surface area contributed by atoms with Crippen LogP contribution < -0.4 is 5.32 Å². The Bertz CT molecular complexity index is 519. The molecule has 0 radical (unpaired) electrons. The summed E-state index contributed by atoms with van der Waals surface area (Å²) in [6.07, 6.45) is 1.05. The van der Waals surface area contributed by atoms with Gasteiger partial charge in [-0.25, -0.2) is 4.39 Å². The van der Waals surface area contributed by atoms with Crippen LogP contribution in [0.25, 0.3) is 0 Å². The van der Waals surface area contributed by atoms with Gasteiger partial charge in [-0.05, 0) is 30.5 Å². The predicted molar refractivity (Wildman–Crippen MR) is 77.5 cm³/mol. The van der Waals surface area contributed by atoms with Crippen molar-refractivity contribution in [2.45, 2.75) is 32.9 Å². The third-order valence-electron chi connectivity index (χ3n) is 3.44. The summed E-state index contributed by atoms with van der Waals surface area (Å²) >= 11 is 0. The summed E-state index contributed by atoms with van der Waals surface area (Å²) in [6.45, 7) is 4.79. The van der Waals surface area contributed by atoms with Crippen molar-refractivity contribution in [1.82, 2.24) is 5.32 Å². The molecule has 2 aromatic carbocycles. The van der Waals surface area contributed by atoms with Crippen molar-refractivity contribution < 1.29 is 4.39 Å². The minimum Gasteiger partial charge on any atom is -0.306 e. The molecule has 0 amide bonds. The van der Waals surface area contributed by atoms with E-state index >= 15 is 0 Å². The van der Waals surface area contributed by atoms with Gasteiger partial charge in [0.1, 0.15) is 5.82 Å². The van der Waals surface area contributed by atoms with Gasteiger partial charge in [0.2, 0.25) is 0 Å². The number of benzene rings is 2. The summed E-state index contributed by atoms with van der Waals surface area (Å²) in [5, 5.41) is 3.35. The lowest BCUT2D eigenvalue weighted by Gasteiger charge is -2.15. The van der Waals surface area contributed by atoms with Crippen molar-refractivity contribution in [2.24, 2.45) is 0 Å². The highest BCUT2D eigenvalue weighted by molar-refractivity contribution is 5.25. The van der Waals surface area contributed by atoms with E-state index in [1.807, 2.05) is 12.1 Å². The third kappa shape index (κ3) is 3.65. The molecular formula is C17H20FN. The van der Waals surface area contributed by atoms with Crippen LogP contribution in [0.15, 0.2) is 48.5 Å². The molecule has 0 aliphatic heterocycles. The number of rotatable bonds is 5. The molecule has 0 aromatic heterocycles. The predicted octanol–water partition coefficient (Wildman–Crippen LogP) is 4.24. The van der Waals surface area contributed by atoms with Crippen LogP contribution in [0.3, 0.4) is 0 Å². The van der Waals surface area contributed by atoms with Crippen molar-refractivity contribution in [3.8, 4) is 0 Å². The second-order valence-electron chi connectivity index (χ2n) is 4.79. The molecule has 0 aliphatic carbocycles. The maximum atomic E-state index is 13.5. The van der Waals surface area contributed by atoms with Crippen molar-refractivity contribution in [1.29, 1.82) is 0 Å². The fourth-order valence-corrected chi connectivity index (χ4v) is 2.06. The normalized spacial score (nSPS) is 12.4. The van der Waals surface area contributed by atoms with Crippen molar-refractivity contribution in [2.75, 3.05) is 0 Å². The summed E-state index contributed by atoms with van der Waals surface area (Å²) in [5.41, 5.74) is 3.28. The van der Waals surface area contributed by atoms with Gasteiger partial charge in [0.05, 0.1) is 0 Å². The maximum Gasteiger partial charge on any atom is 0.127 e. The molecule has 0 saturated carbocycles. The van der Waals surface area contributed by atoms with E-state index in [9.17, 15) is 4.39 Å². The Labute approximate surface area is 114 Å². The zero-order valence-electron chi connectivity index (χ0n) is 11.5. The second kappa shape index (κ2) is 6.48. The first-order valence-corrected chi connectivity index (χ1v) is 6.76. The lowest BCUT2D eigenvalue weighted by atomic mass is 10.0. The van der Waals surface area contributed by atoms with Crippen LogP contribution in [0.1, 0.15) is 36.6 Å². The molecule has 1 atom stereocenters. The quantitative estimate of drug-likeness (QED) is 0.844. The second-order valence-corrected chi connectivity index (χ2v) is 4.79. The number of hydrogen-bond donors (Lipinski definition) is 1. The average Bonchev–Trinajstić information content (AvgIpc) is 2.46. The number of aryl methyl sites for hydroxylation is 1. The van der Waals surface area contributed by atoms with Crippen LogP contribution >= 0.6 is 0 Å². The molecule has 2 heteroatoms. The van der Waals surface area contributed by atoms with Crippen LogP contribution in [0.2, 0.25) is 0 Å². The first-order valence-electron chi connectivity index (χ1n) is 6.76. The van der Waals surface area contributed by atoms with Crippen molar-refractivity contribution >= 4 is 0 Å². The van der Waals surface area contributed by atoms with Gasteiger partial charge in [0.15, 0.2) is 0 Å². The van der Waals surface area contributed by atoms with Crippen LogP contribution in [0.4, 0.5) is 4.39 Å². The molecule has 0 bridgehead atoms. The fraction of sp³-hybridized carbons (Fsp3) is 0.294. The van der Waals surface area contributed by atoms with Crippen LogP contribution in [-0.4, -0.2) is 0 Å². The largest absolute Gasteiger partial charge is 0.306 e. The van der Waals surface area contributed by atoms with Crippen LogP contribution in [0, 0.1) is 5.82 Å². The Kier molecular flexibility index (Phi) is 4.69. The van der Waals surface area contributed by atoms with E-state index in [1.54, 1.807) is 6.07 Å². The van der Waals surface area contributed by atoms with E-state index in [-0.39, 0.29) is 11.9 Å². The zero-order chi connectivity index (χ0) is 13.7. The van der Waals surface area contributed by atoms with Gasteiger partial charge < -0.3 is 5.32 Å². The molecule has 2 aromatic rings. The van der Waals surface area contributed by atoms with E-state index in [2.05, 4.69) is 43.4 Å². The smallest absolute Gasteiger partial charge is 0.127 e. The zero-order valence-corrected chi connectivity index (χ0v) is 11.5. The van der Waals surface area contributed by atoms with Gasteiger partial charge in [-0.1, -0.05) is 49.4 Å². The summed E-state index contributed by atoms with van der Waals surface area (Å²) in [4.78, 5) is 0. The van der Waals surface area contributed by atoms with E-state index in [0.29, 0.717) is 12.1 Å². The molecule has 0 fully saturated rings. The lowest BCUT2D eigenvalue weighted by molar-refractivity contribution is 0.544. The van der Waals surface area contributed by atoms with Gasteiger partial charge in [0, 0.05) is 18.2 Å². The Hall–Kier alpha value is -1.67. The molecule has 0 aliphatic rings. The van der Waals surface area contributed by atoms with E-state index < -0.39 is 0 Å². The maximum absolute atomic E-state index is 13.5. The van der Waals surface area contributed by atoms with Gasteiger partial charge >= 0.3 is 0 Å². The Morgan fingerprint density at radius 2 is 1.74 bits per heavy atom. The molecule has 0 saturated heterocycles. The first kappa shape index (κ1) is 13.8. The first-order chi connectivity index (χ1) is 9.20. The third-order valence-corrected chi connectivity index (χ3v) is 3.44. The summed E-state index contributed by atoms with van der Waals surface area (Å²) in [7, 11) is 0. The van der Waals surface area contributed by atoms with E-state index in [0.717, 1.165) is 6.42 Å². The highest BCUT2D eigenvalue weighted by Crippen LogP contribution is 2.15. The Balaban J connectivity index is 1.97. The summed E-state index contributed by atoms with van der Waals surface area (Å²) in [5.74, 6) is -0.150. The SMILES string of the molecule is CCc1ccc(C(C)NCc2ccccc2F)cc1. The van der Waals surface area contributed by atoms with Gasteiger partial charge in [-0.2, -0.15) is 0 Å². The van der Waals surface area contributed by atoms with Gasteiger partial charge in [0.25, 0.3) is 0 Å². The monoisotopic (exact) mass is 257 g/mol. The molecule has 19 heavy (non-hydrogen) atoms. The highest BCUT2D eigenvalue weighted by atomic mass is 19.1. The van der Waals surface area contributed by atoms with E-state index in [1.165, 1.54) is 17.2 Å². The summed E-state index contributed by atoms with van der Waals surface area (Å²) in [6, 6.07) is 15.7. The van der Waals surface area contributed by atoms with E-state index in [4.69, 9.17) is 0 Å². The lowest BCUT2D eigenvalue weighted by Crippen LogP contribution is -2.18. The molecule has 2 rings (SSSR count). The molecule has 1 nitrogen and oxygen atoms in total. The number of nitrogens with one attached hydrogen (secondary N) is 1. The number of halogens is 1. The van der Waals surface area contributed by atoms with Gasteiger partial charge in [-0.15, -0.1) is 0 Å². The molecule has 0 heterocycles. The number of hydrogen-bond acceptors (Lipinski definition) is 1. The minimum absolute atomic E-state index is 0.150. The highest BCUT2D eigenvalue weighted by Gasteiger charge is 2.06. The minimum atomic E-state index is -0.150. The van der Waals surface area contributed by atoms with Crippen molar-refractivity contribution in [3.05, 3.63) is 71.0 Å². The Morgan fingerprint density at radius 3 is 2.37 bits per heavy atom. The molecule has 0 spiro atoms. The van der Waals surface area contributed by atoms with Crippen LogP contribution in [-0.2, 0) is 13.0 Å².